The quantitative estimate of drug-likeness (QED) is 0.338. The Morgan fingerprint density at radius 2 is 1.34 bits per heavy atom. The molecule has 1 unspecified atom stereocenters. The van der Waals surface area contributed by atoms with Crippen molar-refractivity contribution in [2.24, 2.45) is 5.92 Å². The number of amides is 1. The number of hydrogen-bond acceptors (Lipinski definition) is 5. The van der Waals surface area contributed by atoms with Crippen molar-refractivity contribution in [1.82, 2.24) is 0 Å². The summed E-state index contributed by atoms with van der Waals surface area (Å²) >= 11 is 0. The summed E-state index contributed by atoms with van der Waals surface area (Å²) in [5.41, 5.74) is 2.26. The van der Waals surface area contributed by atoms with E-state index in [-0.39, 0.29) is 25.6 Å². The zero-order chi connectivity index (χ0) is 25.1. The van der Waals surface area contributed by atoms with E-state index in [0.29, 0.717) is 18.5 Å². The average Bonchev–Trinajstić information content (AvgIpc) is 2.87. The van der Waals surface area contributed by atoms with E-state index in [4.69, 9.17) is 9.47 Å². The Morgan fingerprint density at radius 3 is 1.89 bits per heavy atom. The molecule has 0 spiro atoms. The molecule has 0 aliphatic carbocycles. The molecule has 35 heavy (non-hydrogen) atoms. The molecule has 6 heteroatoms. The lowest BCUT2D eigenvalue weighted by Gasteiger charge is -2.31. The zero-order valence-corrected chi connectivity index (χ0v) is 20.3. The summed E-state index contributed by atoms with van der Waals surface area (Å²) in [5.74, 6) is -0.536. The van der Waals surface area contributed by atoms with Gasteiger partial charge < -0.3 is 14.6 Å². The molecular weight excluding hydrogens is 442 g/mol. The van der Waals surface area contributed by atoms with E-state index >= 15 is 0 Å². The molecular formula is C29H33NO5. The van der Waals surface area contributed by atoms with E-state index in [1.165, 1.54) is 0 Å². The van der Waals surface area contributed by atoms with Crippen LogP contribution in [0.3, 0.4) is 0 Å². The first-order chi connectivity index (χ1) is 16.8. The maximum atomic E-state index is 12.4. The molecule has 184 valence electrons. The Morgan fingerprint density at radius 1 is 0.800 bits per heavy atom. The molecule has 6 nitrogen and oxygen atoms in total. The van der Waals surface area contributed by atoms with Gasteiger partial charge in [-0.05, 0) is 47.6 Å². The monoisotopic (exact) mass is 475 g/mol. The highest BCUT2D eigenvalue weighted by Crippen LogP contribution is 2.28. The van der Waals surface area contributed by atoms with Gasteiger partial charge in [0.2, 0.25) is 0 Å². The number of hydrogen-bond donors (Lipinski definition) is 2. The summed E-state index contributed by atoms with van der Waals surface area (Å²) in [5, 5.41) is 13.9. The van der Waals surface area contributed by atoms with Gasteiger partial charge in [0.05, 0.1) is 12.0 Å². The van der Waals surface area contributed by atoms with Crippen molar-refractivity contribution >= 4 is 17.7 Å². The predicted molar refractivity (Wildman–Crippen MR) is 136 cm³/mol. The van der Waals surface area contributed by atoms with Crippen LogP contribution in [0.1, 0.15) is 43.4 Å². The van der Waals surface area contributed by atoms with Gasteiger partial charge in [-0.25, -0.2) is 4.79 Å². The largest absolute Gasteiger partial charge is 0.461 e. The highest BCUT2D eigenvalue weighted by atomic mass is 16.5. The van der Waals surface area contributed by atoms with Crippen LogP contribution in [0.2, 0.25) is 0 Å². The van der Waals surface area contributed by atoms with E-state index in [1.807, 2.05) is 86.6 Å². The Labute approximate surface area is 206 Å². The fourth-order valence-corrected chi connectivity index (χ4v) is 3.61. The van der Waals surface area contributed by atoms with Crippen molar-refractivity contribution in [3.05, 3.63) is 102 Å². The number of ether oxygens (including phenoxy) is 2. The summed E-state index contributed by atoms with van der Waals surface area (Å²) in [6.07, 6.45) is 0.408. The molecule has 0 aliphatic rings. The normalized spacial score (nSPS) is 12.6. The molecule has 0 aliphatic heterocycles. The van der Waals surface area contributed by atoms with E-state index in [2.05, 4.69) is 5.32 Å². The molecule has 1 amide bonds. The van der Waals surface area contributed by atoms with Gasteiger partial charge in [-0.1, -0.05) is 86.6 Å². The SMILES string of the molecule is CC(C)C(O)(CCc1ccc(NC(=O)OCc2ccccc2)cc1)CC(=O)OCc1ccccc1. The number of aryl methyl sites for hydroxylation is 1. The van der Waals surface area contributed by atoms with Crippen molar-refractivity contribution < 1.29 is 24.2 Å². The molecule has 0 heterocycles. The molecule has 3 rings (SSSR count). The smallest absolute Gasteiger partial charge is 0.411 e. The summed E-state index contributed by atoms with van der Waals surface area (Å²) < 4.78 is 10.6. The molecule has 3 aromatic rings. The topological polar surface area (TPSA) is 84.9 Å². The molecule has 1 atom stereocenters. The number of nitrogens with one attached hydrogen (secondary N) is 1. The van der Waals surface area contributed by atoms with Crippen molar-refractivity contribution in [2.45, 2.75) is 51.9 Å². The average molecular weight is 476 g/mol. The number of carbonyl (C=O) groups excluding carboxylic acids is 2. The third-order valence-electron chi connectivity index (χ3n) is 6.03. The van der Waals surface area contributed by atoms with Gasteiger partial charge in [-0.2, -0.15) is 0 Å². The van der Waals surface area contributed by atoms with Crippen molar-refractivity contribution in [1.29, 1.82) is 0 Å². The molecule has 2 N–H and O–H groups in total. The molecule has 0 fully saturated rings. The van der Waals surface area contributed by atoms with Crippen molar-refractivity contribution in [3.63, 3.8) is 0 Å². The molecule has 0 saturated heterocycles. The van der Waals surface area contributed by atoms with Crippen LogP contribution >= 0.6 is 0 Å². The molecule has 0 bridgehead atoms. The van der Waals surface area contributed by atoms with Crippen LogP contribution in [0, 0.1) is 5.92 Å². The van der Waals surface area contributed by atoms with Gasteiger partial charge >= 0.3 is 12.1 Å². The lowest BCUT2D eigenvalue weighted by molar-refractivity contribution is -0.153. The van der Waals surface area contributed by atoms with Crippen molar-refractivity contribution in [3.8, 4) is 0 Å². The molecule has 3 aromatic carbocycles. The number of aliphatic hydroxyl groups is 1. The minimum Gasteiger partial charge on any atom is -0.461 e. The highest BCUT2D eigenvalue weighted by Gasteiger charge is 2.34. The maximum Gasteiger partial charge on any atom is 0.411 e. The second kappa shape index (κ2) is 12.7. The number of benzene rings is 3. The summed E-state index contributed by atoms with van der Waals surface area (Å²) in [4.78, 5) is 24.4. The van der Waals surface area contributed by atoms with Crippen LogP contribution in [0.15, 0.2) is 84.9 Å². The zero-order valence-electron chi connectivity index (χ0n) is 20.3. The van der Waals surface area contributed by atoms with Gasteiger partial charge in [-0.3, -0.25) is 10.1 Å². The number of carbonyl (C=O) groups is 2. The second-order valence-corrected chi connectivity index (χ2v) is 8.96. The Bertz CT molecular complexity index is 1070. The summed E-state index contributed by atoms with van der Waals surface area (Å²) in [7, 11) is 0. The van der Waals surface area contributed by atoms with Crippen LogP contribution in [0.5, 0.6) is 0 Å². The van der Waals surface area contributed by atoms with E-state index in [1.54, 1.807) is 12.1 Å². The van der Waals surface area contributed by atoms with Crippen molar-refractivity contribution in [2.75, 3.05) is 5.32 Å². The van der Waals surface area contributed by atoms with E-state index < -0.39 is 17.7 Å². The van der Waals surface area contributed by atoms with Gasteiger partial charge in [0.15, 0.2) is 0 Å². The predicted octanol–water partition coefficient (Wildman–Crippen LogP) is 5.89. The highest BCUT2D eigenvalue weighted by molar-refractivity contribution is 5.84. The minimum absolute atomic E-state index is 0.0651. The lowest BCUT2D eigenvalue weighted by Crippen LogP contribution is -2.38. The number of rotatable bonds is 11. The Kier molecular flexibility index (Phi) is 9.44. The minimum atomic E-state index is -1.17. The van der Waals surface area contributed by atoms with Crippen LogP contribution in [0.4, 0.5) is 10.5 Å². The maximum absolute atomic E-state index is 12.4. The van der Waals surface area contributed by atoms with Crippen LogP contribution < -0.4 is 5.32 Å². The lowest BCUT2D eigenvalue weighted by atomic mass is 9.82. The Balaban J connectivity index is 1.47. The van der Waals surface area contributed by atoms with Gasteiger partial charge in [0.25, 0.3) is 0 Å². The second-order valence-electron chi connectivity index (χ2n) is 8.96. The molecule has 0 radical (unpaired) electrons. The first-order valence-electron chi connectivity index (χ1n) is 11.8. The van der Waals surface area contributed by atoms with Gasteiger partial charge in [0, 0.05) is 5.69 Å². The van der Waals surface area contributed by atoms with E-state index in [9.17, 15) is 14.7 Å². The van der Waals surface area contributed by atoms with E-state index in [0.717, 1.165) is 16.7 Å². The first-order valence-corrected chi connectivity index (χ1v) is 11.8. The standard InChI is InChI=1S/C29H33NO5/c1-22(2)29(33,19-27(31)34-20-24-9-5-3-6-10-24)18-17-23-13-15-26(16-14-23)30-28(32)35-21-25-11-7-4-8-12-25/h3-16,22,33H,17-21H2,1-2H3,(H,30,32). The Hall–Kier alpha value is -3.64. The third kappa shape index (κ3) is 8.58. The summed E-state index contributed by atoms with van der Waals surface area (Å²) in [6, 6.07) is 26.3. The molecule has 0 saturated carbocycles. The van der Waals surface area contributed by atoms with Gasteiger partial charge in [-0.15, -0.1) is 0 Å². The first kappa shape index (κ1) is 26.0. The summed E-state index contributed by atoms with van der Waals surface area (Å²) in [6.45, 7) is 4.19. The van der Waals surface area contributed by atoms with Gasteiger partial charge in [0.1, 0.15) is 13.2 Å². The van der Waals surface area contributed by atoms with Crippen LogP contribution in [-0.4, -0.2) is 22.8 Å². The van der Waals surface area contributed by atoms with Crippen LogP contribution in [0.25, 0.3) is 0 Å². The number of esters is 1. The third-order valence-corrected chi connectivity index (χ3v) is 6.03. The fraction of sp³-hybridized carbons (Fsp3) is 0.310. The van der Waals surface area contributed by atoms with Crippen LogP contribution in [-0.2, 0) is 33.9 Å². The fourth-order valence-electron chi connectivity index (χ4n) is 3.61. The molecule has 0 aromatic heterocycles. The number of anilines is 1.